The molecule has 0 radical (unpaired) electrons. The van der Waals surface area contributed by atoms with Gasteiger partial charge in [-0.25, -0.2) is 0 Å². The zero-order valence-electron chi connectivity index (χ0n) is 10.1. The molecule has 0 aromatic heterocycles. The van der Waals surface area contributed by atoms with Crippen LogP contribution in [0.2, 0.25) is 0 Å². The molecule has 18 heavy (non-hydrogen) atoms. The Labute approximate surface area is 105 Å². The van der Waals surface area contributed by atoms with Gasteiger partial charge in [0.25, 0.3) is 5.69 Å². The van der Waals surface area contributed by atoms with E-state index < -0.39 is 0 Å². The molecular weight excluding hydrogens is 228 g/mol. The van der Waals surface area contributed by atoms with Crippen molar-refractivity contribution in [1.29, 1.82) is 0 Å². The van der Waals surface area contributed by atoms with Gasteiger partial charge in [-0.1, -0.05) is 35.9 Å². The van der Waals surface area contributed by atoms with Crippen molar-refractivity contribution in [2.24, 2.45) is 5.73 Å². The number of non-ortho nitro benzene ring substituents is 1. The largest absolute Gasteiger partial charge is 0.326 e. The number of aryl methyl sites for hydroxylation is 1. The summed E-state index contributed by atoms with van der Waals surface area (Å²) >= 11 is 0. The molecule has 4 heteroatoms. The number of nitrogens with zero attached hydrogens (tertiary/aromatic N) is 1. The first-order valence-electron chi connectivity index (χ1n) is 5.66. The Bertz CT molecular complexity index is 594. The maximum Gasteiger partial charge on any atom is 0.270 e. The summed E-state index contributed by atoms with van der Waals surface area (Å²) in [4.78, 5) is 10.4. The lowest BCUT2D eigenvalue weighted by Gasteiger charge is -2.09. The minimum atomic E-state index is -0.387. The lowest BCUT2D eigenvalue weighted by molar-refractivity contribution is -0.384. The number of nitro benzene ring substituents is 1. The summed E-state index contributed by atoms with van der Waals surface area (Å²) in [6.45, 7) is 2.40. The van der Waals surface area contributed by atoms with E-state index in [-0.39, 0.29) is 10.6 Å². The second-order valence-electron chi connectivity index (χ2n) is 4.17. The molecular formula is C14H14N2O2. The highest BCUT2D eigenvalue weighted by Crippen LogP contribution is 2.27. The van der Waals surface area contributed by atoms with Crippen molar-refractivity contribution in [3.63, 3.8) is 0 Å². The number of benzene rings is 2. The molecule has 0 atom stereocenters. The molecule has 2 aromatic carbocycles. The normalized spacial score (nSPS) is 10.3. The summed E-state index contributed by atoms with van der Waals surface area (Å²) in [6.07, 6.45) is 0. The van der Waals surface area contributed by atoms with Crippen LogP contribution >= 0.6 is 0 Å². The third kappa shape index (κ3) is 2.38. The Morgan fingerprint density at radius 3 is 2.67 bits per heavy atom. The molecule has 0 unspecified atom stereocenters. The summed E-state index contributed by atoms with van der Waals surface area (Å²) in [5, 5.41) is 10.8. The number of hydrogen-bond acceptors (Lipinski definition) is 3. The van der Waals surface area contributed by atoms with Gasteiger partial charge in [0.05, 0.1) is 4.92 Å². The topological polar surface area (TPSA) is 69.2 Å². The van der Waals surface area contributed by atoms with Gasteiger partial charge in [0.1, 0.15) is 0 Å². The minimum absolute atomic E-state index is 0.0944. The molecule has 2 aromatic rings. The monoisotopic (exact) mass is 242 g/mol. The zero-order chi connectivity index (χ0) is 13.1. The number of nitrogens with two attached hydrogens (primary N) is 1. The summed E-state index contributed by atoms with van der Waals surface area (Å²) in [5.41, 5.74) is 9.68. The van der Waals surface area contributed by atoms with Crippen LogP contribution in [0.15, 0.2) is 42.5 Å². The van der Waals surface area contributed by atoms with Crippen LogP contribution in [0.3, 0.4) is 0 Å². The molecule has 0 amide bonds. The van der Waals surface area contributed by atoms with Gasteiger partial charge in [-0.15, -0.1) is 0 Å². The first-order chi connectivity index (χ1) is 8.61. The molecule has 0 heterocycles. The second kappa shape index (κ2) is 4.98. The highest BCUT2D eigenvalue weighted by Gasteiger charge is 2.09. The van der Waals surface area contributed by atoms with E-state index in [0.29, 0.717) is 6.54 Å². The molecule has 92 valence electrons. The third-order valence-electron chi connectivity index (χ3n) is 2.85. The fourth-order valence-corrected chi connectivity index (χ4v) is 1.92. The summed E-state index contributed by atoms with van der Waals surface area (Å²) in [6, 6.07) is 12.6. The van der Waals surface area contributed by atoms with Crippen LogP contribution in [0.25, 0.3) is 11.1 Å². The summed E-state index contributed by atoms with van der Waals surface area (Å²) < 4.78 is 0. The molecule has 0 aliphatic rings. The smallest absolute Gasteiger partial charge is 0.270 e. The Balaban J connectivity index is 2.57. The fourth-order valence-electron chi connectivity index (χ4n) is 1.92. The first-order valence-corrected chi connectivity index (χ1v) is 5.66. The molecule has 0 saturated heterocycles. The van der Waals surface area contributed by atoms with Crippen molar-refractivity contribution in [2.75, 3.05) is 0 Å². The maximum atomic E-state index is 10.8. The minimum Gasteiger partial charge on any atom is -0.326 e. The average Bonchev–Trinajstić information content (AvgIpc) is 2.39. The Morgan fingerprint density at radius 1 is 1.22 bits per heavy atom. The van der Waals surface area contributed by atoms with Gasteiger partial charge in [0, 0.05) is 18.7 Å². The Kier molecular flexibility index (Phi) is 3.39. The van der Waals surface area contributed by atoms with E-state index in [4.69, 9.17) is 5.73 Å². The van der Waals surface area contributed by atoms with Gasteiger partial charge < -0.3 is 5.73 Å². The molecule has 0 bridgehead atoms. The van der Waals surface area contributed by atoms with Crippen LogP contribution in [-0.4, -0.2) is 4.92 Å². The standard InChI is InChI=1S/C14H14N2O2/c1-10-5-6-12(9-15)14(7-10)11-3-2-4-13(8-11)16(17)18/h2-8H,9,15H2,1H3. The molecule has 4 nitrogen and oxygen atoms in total. The van der Waals surface area contributed by atoms with Gasteiger partial charge in [-0.2, -0.15) is 0 Å². The Morgan fingerprint density at radius 2 is 2.00 bits per heavy atom. The molecule has 0 aliphatic carbocycles. The van der Waals surface area contributed by atoms with Crippen LogP contribution in [0.5, 0.6) is 0 Å². The molecule has 0 fully saturated rings. The molecule has 0 saturated carbocycles. The van der Waals surface area contributed by atoms with E-state index in [0.717, 1.165) is 22.3 Å². The number of nitro groups is 1. The average molecular weight is 242 g/mol. The van der Waals surface area contributed by atoms with Crippen molar-refractivity contribution in [3.8, 4) is 11.1 Å². The van der Waals surface area contributed by atoms with Gasteiger partial charge in [-0.05, 0) is 23.6 Å². The predicted octanol–water partition coefficient (Wildman–Crippen LogP) is 3.03. The molecule has 2 N–H and O–H groups in total. The SMILES string of the molecule is Cc1ccc(CN)c(-c2cccc([N+](=O)[O-])c2)c1. The van der Waals surface area contributed by atoms with Crippen LogP contribution in [0, 0.1) is 17.0 Å². The van der Waals surface area contributed by atoms with E-state index >= 15 is 0 Å². The van der Waals surface area contributed by atoms with Crippen molar-refractivity contribution in [1.82, 2.24) is 0 Å². The van der Waals surface area contributed by atoms with E-state index in [2.05, 4.69) is 0 Å². The number of rotatable bonds is 3. The third-order valence-corrected chi connectivity index (χ3v) is 2.85. The summed E-state index contributed by atoms with van der Waals surface area (Å²) in [5.74, 6) is 0. The molecule has 2 rings (SSSR count). The molecule has 0 spiro atoms. The number of hydrogen-bond donors (Lipinski definition) is 1. The summed E-state index contributed by atoms with van der Waals surface area (Å²) in [7, 11) is 0. The van der Waals surface area contributed by atoms with Crippen molar-refractivity contribution in [2.45, 2.75) is 13.5 Å². The van der Waals surface area contributed by atoms with E-state index in [1.165, 1.54) is 6.07 Å². The lowest BCUT2D eigenvalue weighted by Crippen LogP contribution is -1.99. The van der Waals surface area contributed by atoms with Gasteiger partial charge in [-0.3, -0.25) is 10.1 Å². The first kappa shape index (κ1) is 12.3. The molecule has 0 aliphatic heterocycles. The zero-order valence-corrected chi connectivity index (χ0v) is 10.1. The second-order valence-corrected chi connectivity index (χ2v) is 4.17. The van der Waals surface area contributed by atoms with Crippen molar-refractivity contribution >= 4 is 5.69 Å². The van der Waals surface area contributed by atoms with Gasteiger partial charge in [0.2, 0.25) is 0 Å². The van der Waals surface area contributed by atoms with Crippen molar-refractivity contribution in [3.05, 3.63) is 63.7 Å². The van der Waals surface area contributed by atoms with Crippen LogP contribution in [-0.2, 0) is 6.54 Å². The van der Waals surface area contributed by atoms with E-state index in [9.17, 15) is 10.1 Å². The van der Waals surface area contributed by atoms with Gasteiger partial charge >= 0.3 is 0 Å². The highest BCUT2D eigenvalue weighted by atomic mass is 16.6. The fraction of sp³-hybridized carbons (Fsp3) is 0.143. The maximum absolute atomic E-state index is 10.8. The predicted molar refractivity (Wildman–Crippen MR) is 71.2 cm³/mol. The lowest BCUT2D eigenvalue weighted by atomic mass is 9.97. The van der Waals surface area contributed by atoms with Crippen LogP contribution < -0.4 is 5.73 Å². The van der Waals surface area contributed by atoms with E-state index in [1.54, 1.807) is 12.1 Å². The quantitative estimate of drug-likeness (QED) is 0.664. The van der Waals surface area contributed by atoms with Gasteiger partial charge in [0.15, 0.2) is 0 Å². The highest BCUT2D eigenvalue weighted by molar-refractivity contribution is 5.70. The van der Waals surface area contributed by atoms with Crippen molar-refractivity contribution < 1.29 is 4.92 Å². The van der Waals surface area contributed by atoms with Crippen LogP contribution in [0.1, 0.15) is 11.1 Å². The van der Waals surface area contributed by atoms with E-state index in [1.807, 2.05) is 31.2 Å². The van der Waals surface area contributed by atoms with Crippen LogP contribution in [0.4, 0.5) is 5.69 Å². The Hall–Kier alpha value is -2.20.